The van der Waals surface area contributed by atoms with Crippen molar-refractivity contribution in [2.75, 3.05) is 11.9 Å². The van der Waals surface area contributed by atoms with Crippen LogP contribution in [-0.2, 0) is 0 Å². The van der Waals surface area contributed by atoms with Gasteiger partial charge in [-0.3, -0.25) is 0 Å². The first-order valence-electron chi connectivity index (χ1n) is 6.21. The van der Waals surface area contributed by atoms with E-state index in [1.54, 1.807) is 18.3 Å². The Morgan fingerprint density at radius 2 is 1.88 bits per heavy atom. The van der Waals surface area contributed by atoms with Crippen LogP contribution in [0.4, 0.5) is 5.13 Å². The maximum absolute atomic E-state index is 9.64. The highest BCUT2D eigenvalue weighted by Crippen LogP contribution is 2.31. The van der Waals surface area contributed by atoms with Crippen molar-refractivity contribution in [2.45, 2.75) is 53.2 Å². The number of thiazole rings is 1. The highest BCUT2D eigenvalue weighted by atomic mass is 32.1. The Bertz CT molecular complexity index is 360. The van der Waals surface area contributed by atoms with E-state index in [1.165, 1.54) is 0 Å². The second-order valence-corrected chi connectivity index (χ2v) is 6.22. The van der Waals surface area contributed by atoms with Gasteiger partial charge in [-0.15, -0.1) is 0 Å². The zero-order valence-corrected chi connectivity index (χ0v) is 12.5. The third kappa shape index (κ3) is 3.68. The van der Waals surface area contributed by atoms with Crippen LogP contribution in [0.2, 0.25) is 0 Å². The molecule has 4 heteroatoms. The summed E-state index contributed by atoms with van der Waals surface area (Å²) in [6, 6.07) is 0.474. The molecule has 0 aliphatic carbocycles. The Morgan fingerprint density at radius 1 is 1.29 bits per heavy atom. The van der Waals surface area contributed by atoms with Crippen molar-refractivity contribution in [1.29, 1.82) is 0 Å². The molecule has 98 valence electrons. The molecule has 2 unspecified atom stereocenters. The molecule has 0 aliphatic rings. The molecular formula is C13H24N2OS. The lowest BCUT2D eigenvalue weighted by atomic mass is 10.0. The van der Waals surface area contributed by atoms with Crippen molar-refractivity contribution in [2.24, 2.45) is 5.92 Å². The number of rotatable bonds is 5. The van der Waals surface area contributed by atoms with Gasteiger partial charge in [0.1, 0.15) is 0 Å². The van der Waals surface area contributed by atoms with Crippen LogP contribution >= 0.6 is 11.3 Å². The second-order valence-electron chi connectivity index (χ2n) is 5.21. The average molecular weight is 256 g/mol. The molecule has 1 rings (SSSR count). The molecule has 0 bridgehead atoms. The minimum absolute atomic E-state index is 0.421. The SMILES string of the molecule is Cc1nc(N(C)C(C)CC(C)C)sc1C(C)O. The Hall–Kier alpha value is -0.610. The van der Waals surface area contributed by atoms with Crippen LogP contribution in [0.5, 0.6) is 0 Å². The number of aliphatic hydroxyl groups is 1. The summed E-state index contributed by atoms with van der Waals surface area (Å²) in [7, 11) is 2.08. The number of aryl methyl sites for hydroxylation is 1. The second kappa shape index (κ2) is 5.83. The first-order chi connectivity index (χ1) is 7.82. The summed E-state index contributed by atoms with van der Waals surface area (Å²) in [5, 5.41) is 10.6. The first kappa shape index (κ1) is 14.5. The fraction of sp³-hybridized carbons (Fsp3) is 0.769. The maximum Gasteiger partial charge on any atom is 0.185 e. The van der Waals surface area contributed by atoms with Crippen LogP contribution in [0.1, 0.15) is 50.8 Å². The standard InChI is InChI=1S/C13H24N2OS/c1-8(2)7-9(3)15(6)13-14-10(4)12(17-13)11(5)16/h8-9,11,16H,7H2,1-6H3. The predicted molar refractivity (Wildman–Crippen MR) is 74.8 cm³/mol. The normalized spacial score (nSPS) is 15.1. The fourth-order valence-electron chi connectivity index (χ4n) is 1.96. The maximum atomic E-state index is 9.64. The van der Waals surface area contributed by atoms with Gasteiger partial charge in [0.05, 0.1) is 16.7 Å². The van der Waals surface area contributed by atoms with Gasteiger partial charge < -0.3 is 10.0 Å². The number of hydrogen-bond donors (Lipinski definition) is 1. The molecule has 0 radical (unpaired) electrons. The molecular weight excluding hydrogens is 232 g/mol. The van der Waals surface area contributed by atoms with Crippen molar-refractivity contribution in [3.63, 3.8) is 0 Å². The molecule has 1 aromatic heterocycles. The third-order valence-electron chi connectivity index (χ3n) is 2.98. The van der Waals surface area contributed by atoms with Crippen LogP contribution in [0.15, 0.2) is 0 Å². The molecule has 0 saturated heterocycles. The molecule has 3 nitrogen and oxygen atoms in total. The van der Waals surface area contributed by atoms with Crippen LogP contribution in [0.25, 0.3) is 0 Å². The smallest absolute Gasteiger partial charge is 0.185 e. The van der Waals surface area contributed by atoms with E-state index in [0.717, 1.165) is 22.1 Å². The molecule has 1 N–H and O–H groups in total. The molecule has 0 aromatic carbocycles. The summed E-state index contributed by atoms with van der Waals surface area (Å²) in [6.07, 6.45) is 0.731. The lowest BCUT2D eigenvalue weighted by Crippen LogP contribution is -2.29. The minimum atomic E-state index is -0.421. The Kier molecular flexibility index (Phi) is 4.95. The van der Waals surface area contributed by atoms with E-state index < -0.39 is 6.10 Å². The first-order valence-corrected chi connectivity index (χ1v) is 7.02. The van der Waals surface area contributed by atoms with Gasteiger partial charge in [0.25, 0.3) is 0 Å². The topological polar surface area (TPSA) is 36.4 Å². The van der Waals surface area contributed by atoms with Crippen molar-refractivity contribution >= 4 is 16.5 Å². The van der Waals surface area contributed by atoms with Gasteiger partial charge in [-0.05, 0) is 33.1 Å². The zero-order chi connectivity index (χ0) is 13.2. The Balaban J connectivity index is 2.82. The van der Waals surface area contributed by atoms with E-state index in [1.807, 2.05) is 6.92 Å². The largest absolute Gasteiger partial charge is 0.388 e. The fourth-order valence-corrected chi connectivity index (χ4v) is 3.03. The van der Waals surface area contributed by atoms with Gasteiger partial charge >= 0.3 is 0 Å². The van der Waals surface area contributed by atoms with Crippen LogP contribution in [0.3, 0.4) is 0 Å². The molecule has 0 amide bonds. The third-order valence-corrected chi connectivity index (χ3v) is 4.39. The van der Waals surface area contributed by atoms with E-state index in [2.05, 4.69) is 37.7 Å². The molecule has 0 saturated carbocycles. The summed E-state index contributed by atoms with van der Waals surface area (Å²) in [6.45, 7) is 10.4. The number of aromatic nitrogens is 1. The quantitative estimate of drug-likeness (QED) is 0.877. The molecule has 2 atom stereocenters. The van der Waals surface area contributed by atoms with Gasteiger partial charge in [0.2, 0.25) is 0 Å². The van der Waals surface area contributed by atoms with Gasteiger partial charge in [-0.1, -0.05) is 25.2 Å². The molecule has 17 heavy (non-hydrogen) atoms. The summed E-state index contributed by atoms with van der Waals surface area (Å²) in [5.74, 6) is 0.685. The Labute approximate surface area is 108 Å². The average Bonchev–Trinajstić information content (AvgIpc) is 2.58. The molecule has 0 spiro atoms. The van der Waals surface area contributed by atoms with Crippen LogP contribution in [-0.4, -0.2) is 23.2 Å². The summed E-state index contributed by atoms with van der Waals surface area (Å²) in [5.41, 5.74) is 0.948. The van der Waals surface area contributed by atoms with E-state index in [9.17, 15) is 5.11 Å². The lowest BCUT2D eigenvalue weighted by Gasteiger charge is -2.25. The van der Waals surface area contributed by atoms with E-state index in [0.29, 0.717) is 12.0 Å². The summed E-state index contributed by atoms with van der Waals surface area (Å²) in [4.78, 5) is 7.73. The zero-order valence-electron chi connectivity index (χ0n) is 11.7. The molecule has 0 fully saturated rings. The van der Waals surface area contributed by atoms with Gasteiger partial charge in [0, 0.05) is 13.1 Å². The van der Waals surface area contributed by atoms with Gasteiger partial charge in [-0.25, -0.2) is 4.98 Å². The molecule has 1 aromatic rings. The van der Waals surface area contributed by atoms with Crippen molar-refractivity contribution < 1.29 is 5.11 Å². The number of anilines is 1. The summed E-state index contributed by atoms with van der Waals surface area (Å²) < 4.78 is 0. The van der Waals surface area contributed by atoms with Gasteiger partial charge in [0.15, 0.2) is 5.13 Å². The monoisotopic (exact) mass is 256 g/mol. The number of nitrogens with zero attached hydrogens (tertiary/aromatic N) is 2. The van der Waals surface area contributed by atoms with E-state index >= 15 is 0 Å². The molecule has 0 aliphatic heterocycles. The highest BCUT2D eigenvalue weighted by molar-refractivity contribution is 7.15. The lowest BCUT2D eigenvalue weighted by molar-refractivity contribution is 0.202. The number of aliphatic hydroxyl groups excluding tert-OH is 1. The highest BCUT2D eigenvalue weighted by Gasteiger charge is 2.18. The van der Waals surface area contributed by atoms with Crippen molar-refractivity contribution in [3.05, 3.63) is 10.6 Å². The predicted octanol–water partition coefficient (Wildman–Crippen LogP) is 3.38. The van der Waals surface area contributed by atoms with Crippen LogP contribution in [0, 0.1) is 12.8 Å². The van der Waals surface area contributed by atoms with Gasteiger partial charge in [-0.2, -0.15) is 0 Å². The van der Waals surface area contributed by atoms with Crippen molar-refractivity contribution in [3.8, 4) is 0 Å². The molecule has 1 heterocycles. The van der Waals surface area contributed by atoms with E-state index in [-0.39, 0.29) is 0 Å². The summed E-state index contributed by atoms with van der Waals surface area (Å²) >= 11 is 1.60. The van der Waals surface area contributed by atoms with E-state index in [4.69, 9.17) is 0 Å². The number of hydrogen-bond acceptors (Lipinski definition) is 4. The van der Waals surface area contributed by atoms with Crippen molar-refractivity contribution in [1.82, 2.24) is 4.98 Å². The van der Waals surface area contributed by atoms with Crippen LogP contribution < -0.4 is 4.90 Å². The Morgan fingerprint density at radius 3 is 2.29 bits per heavy atom. The minimum Gasteiger partial charge on any atom is -0.388 e.